The third-order valence-corrected chi connectivity index (χ3v) is 5.61. The van der Waals surface area contributed by atoms with E-state index < -0.39 is 18.1 Å². The average Bonchev–Trinajstić information content (AvgIpc) is 2.91. The van der Waals surface area contributed by atoms with Crippen LogP contribution in [-0.4, -0.2) is 89.3 Å². The molecule has 1 aromatic heterocycles. The second-order valence-corrected chi connectivity index (χ2v) is 8.32. The van der Waals surface area contributed by atoms with Crippen LogP contribution in [0.1, 0.15) is 20.8 Å². The van der Waals surface area contributed by atoms with Crippen molar-refractivity contribution in [2.75, 3.05) is 57.2 Å². The normalized spacial score (nSPS) is 15.7. The number of aliphatic hydroxyl groups excluding tert-OH is 1. The Morgan fingerprint density at radius 3 is 2.39 bits per heavy atom. The molecule has 12 heteroatoms. The minimum Gasteiger partial charge on any atom is -0.489 e. The Bertz CT molecular complexity index is 1250. The van der Waals surface area contributed by atoms with Crippen molar-refractivity contribution >= 4 is 23.3 Å². The molecule has 0 radical (unpaired) electrons. The van der Waals surface area contributed by atoms with Crippen molar-refractivity contribution in [3.05, 3.63) is 66.0 Å². The summed E-state index contributed by atoms with van der Waals surface area (Å²) >= 11 is 0. The lowest BCUT2D eigenvalue weighted by Crippen LogP contribution is -2.39. The van der Waals surface area contributed by atoms with E-state index in [1.54, 1.807) is 48.5 Å². The van der Waals surface area contributed by atoms with E-state index in [0.717, 1.165) is 0 Å². The van der Waals surface area contributed by atoms with E-state index in [0.29, 0.717) is 34.9 Å². The molecule has 2 aliphatic heterocycles. The molecular formula is C26H29N5O7. The van der Waals surface area contributed by atoms with Crippen LogP contribution in [0.4, 0.5) is 11.5 Å². The fourth-order valence-corrected chi connectivity index (χ4v) is 3.73. The van der Waals surface area contributed by atoms with Gasteiger partial charge in [-0.25, -0.2) is 9.97 Å². The summed E-state index contributed by atoms with van der Waals surface area (Å²) in [5.41, 5.74) is 7.65. The number of carbonyl (C=O) groups excluding carboxylic acids is 2. The van der Waals surface area contributed by atoms with Crippen LogP contribution in [0.25, 0.3) is 11.3 Å². The number of hydrogen-bond donors (Lipinski definition) is 4. The SMILES string of the molecule is Nc1ncc2nc1C(=O)Nc1ccccc1OCCOCCOCCN(CC(O)O)C(=O)c1ccc-2cc1. The van der Waals surface area contributed by atoms with Crippen molar-refractivity contribution in [3.63, 3.8) is 0 Å². The fraction of sp³-hybridized carbons (Fsp3) is 0.308. The van der Waals surface area contributed by atoms with Gasteiger partial charge in [0.2, 0.25) is 0 Å². The average molecular weight is 524 g/mol. The zero-order valence-corrected chi connectivity index (χ0v) is 20.6. The monoisotopic (exact) mass is 523 g/mol. The molecule has 12 nitrogen and oxygen atoms in total. The molecule has 2 aromatic carbocycles. The maximum atomic E-state index is 13.1. The molecule has 0 aliphatic carbocycles. The largest absolute Gasteiger partial charge is 0.489 e. The van der Waals surface area contributed by atoms with Gasteiger partial charge < -0.3 is 40.4 Å². The molecule has 38 heavy (non-hydrogen) atoms. The van der Waals surface area contributed by atoms with Crippen LogP contribution < -0.4 is 15.8 Å². The smallest absolute Gasteiger partial charge is 0.278 e. The molecule has 0 atom stereocenters. The molecule has 2 amide bonds. The summed E-state index contributed by atoms with van der Waals surface area (Å²) in [6.07, 6.45) is -0.260. The maximum absolute atomic E-state index is 13.1. The number of nitrogen functional groups attached to an aromatic ring is 1. The summed E-state index contributed by atoms with van der Waals surface area (Å²) in [5.74, 6) is -0.545. The third kappa shape index (κ3) is 7.01. The number of anilines is 2. The van der Waals surface area contributed by atoms with Gasteiger partial charge in [0, 0.05) is 17.7 Å². The first-order chi connectivity index (χ1) is 18.4. The summed E-state index contributed by atoms with van der Waals surface area (Å²) in [5, 5.41) is 21.7. The van der Waals surface area contributed by atoms with E-state index in [9.17, 15) is 19.8 Å². The van der Waals surface area contributed by atoms with Crippen molar-refractivity contribution in [3.8, 4) is 17.0 Å². The Morgan fingerprint density at radius 2 is 1.63 bits per heavy atom. The third-order valence-electron chi connectivity index (χ3n) is 5.61. The Labute approximate surface area is 219 Å². The highest BCUT2D eigenvalue weighted by molar-refractivity contribution is 6.06. The molecule has 3 aromatic rings. The molecule has 2 aliphatic rings. The van der Waals surface area contributed by atoms with Crippen LogP contribution in [0, 0.1) is 0 Å². The highest BCUT2D eigenvalue weighted by atomic mass is 16.5. The van der Waals surface area contributed by atoms with Gasteiger partial charge >= 0.3 is 0 Å². The van der Waals surface area contributed by atoms with Crippen LogP contribution in [0.2, 0.25) is 0 Å². The van der Waals surface area contributed by atoms with Crippen molar-refractivity contribution in [2.45, 2.75) is 6.29 Å². The van der Waals surface area contributed by atoms with Gasteiger partial charge in [-0.1, -0.05) is 24.3 Å². The van der Waals surface area contributed by atoms with E-state index in [1.807, 2.05) is 0 Å². The molecule has 0 saturated heterocycles. The molecule has 4 bridgehead atoms. The highest BCUT2D eigenvalue weighted by Gasteiger charge is 2.20. The molecular weight excluding hydrogens is 494 g/mol. The summed E-state index contributed by atoms with van der Waals surface area (Å²) in [4.78, 5) is 35.9. The number of carbonyl (C=O) groups is 2. The van der Waals surface area contributed by atoms with Crippen molar-refractivity contribution in [1.82, 2.24) is 14.9 Å². The molecule has 0 spiro atoms. The predicted octanol–water partition coefficient (Wildman–Crippen LogP) is 1.16. The van der Waals surface area contributed by atoms with Crippen molar-refractivity contribution < 1.29 is 34.0 Å². The minimum absolute atomic E-state index is 0.0419. The number of hydrogen-bond acceptors (Lipinski definition) is 10. The molecule has 200 valence electrons. The topological polar surface area (TPSA) is 169 Å². The number of aromatic nitrogens is 2. The van der Waals surface area contributed by atoms with E-state index in [1.165, 1.54) is 11.1 Å². The number of ether oxygens (including phenoxy) is 3. The van der Waals surface area contributed by atoms with Gasteiger partial charge in [-0.2, -0.15) is 0 Å². The first-order valence-electron chi connectivity index (χ1n) is 12.0. The molecule has 5 rings (SSSR count). The zero-order valence-electron chi connectivity index (χ0n) is 20.6. The molecule has 0 saturated carbocycles. The second-order valence-electron chi connectivity index (χ2n) is 8.32. The molecule has 3 heterocycles. The van der Waals surface area contributed by atoms with Gasteiger partial charge in [0.15, 0.2) is 17.8 Å². The van der Waals surface area contributed by atoms with E-state index in [4.69, 9.17) is 19.9 Å². The number of amides is 2. The molecule has 0 fully saturated rings. The van der Waals surface area contributed by atoms with Crippen LogP contribution in [0.3, 0.4) is 0 Å². The summed E-state index contributed by atoms with van der Waals surface area (Å²) in [7, 11) is 0. The Morgan fingerprint density at radius 1 is 0.947 bits per heavy atom. The van der Waals surface area contributed by atoms with Gasteiger partial charge in [-0.05, 0) is 24.3 Å². The van der Waals surface area contributed by atoms with E-state index >= 15 is 0 Å². The first kappa shape index (κ1) is 26.9. The Balaban J connectivity index is 1.63. The quantitative estimate of drug-likeness (QED) is 0.282. The number of fused-ring (bicyclic) bond motifs is 13. The molecule has 0 unspecified atom stereocenters. The van der Waals surface area contributed by atoms with Crippen molar-refractivity contribution in [2.24, 2.45) is 0 Å². The maximum Gasteiger partial charge on any atom is 0.278 e. The number of nitrogens with zero attached hydrogens (tertiary/aromatic N) is 3. The highest BCUT2D eigenvalue weighted by Crippen LogP contribution is 2.25. The van der Waals surface area contributed by atoms with Gasteiger partial charge in [0.25, 0.3) is 11.8 Å². The van der Waals surface area contributed by atoms with E-state index in [-0.39, 0.29) is 51.0 Å². The fourth-order valence-electron chi connectivity index (χ4n) is 3.73. The standard InChI is InChI=1S/C26H29N5O7/c27-24-23-25(34)30-19-3-1-2-4-21(19)38-14-13-37-12-11-36-10-9-31(16-22(32)33)26(35)18-7-5-17(6-8-18)20(29-23)15-28-24/h1-8,15,22,32-33H,9-14,16H2,(H2,27,28)(H,30,34). The summed E-state index contributed by atoms with van der Waals surface area (Å²) in [6, 6.07) is 13.4. The van der Waals surface area contributed by atoms with Gasteiger partial charge in [-0.3, -0.25) is 9.59 Å². The zero-order chi connectivity index (χ0) is 26.9. The van der Waals surface area contributed by atoms with Crippen LogP contribution in [-0.2, 0) is 9.47 Å². The predicted molar refractivity (Wildman–Crippen MR) is 138 cm³/mol. The summed E-state index contributed by atoms with van der Waals surface area (Å²) in [6.45, 7) is 1.16. The number of aliphatic hydroxyl groups is 2. The number of para-hydroxylation sites is 2. The van der Waals surface area contributed by atoms with Crippen LogP contribution >= 0.6 is 0 Å². The van der Waals surface area contributed by atoms with Gasteiger partial charge in [0.1, 0.15) is 12.4 Å². The Kier molecular flexibility index (Phi) is 9.16. The number of nitrogens with one attached hydrogen (secondary N) is 1. The second kappa shape index (κ2) is 12.9. The first-order valence-corrected chi connectivity index (χ1v) is 12.0. The van der Waals surface area contributed by atoms with E-state index in [2.05, 4.69) is 15.3 Å². The Hall–Kier alpha value is -4.10. The van der Waals surface area contributed by atoms with Crippen LogP contribution in [0.5, 0.6) is 5.75 Å². The lowest BCUT2D eigenvalue weighted by atomic mass is 10.1. The van der Waals surface area contributed by atoms with Gasteiger partial charge in [0.05, 0.1) is 50.6 Å². The number of rotatable bonds is 2. The van der Waals surface area contributed by atoms with Gasteiger partial charge in [-0.15, -0.1) is 0 Å². The number of nitrogens with two attached hydrogens (primary N) is 1. The minimum atomic E-state index is -1.69. The lowest BCUT2D eigenvalue weighted by molar-refractivity contribution is -0.0598. The summed E-state index contributed by atoms with van der Waals surface area (Å²) < 4.78 is 16.8. The lowest BCUT2D eigenvalue weighted by Gasteiger charge is -2.23. The number of benzene rings is 2. The van der Waals surface area contributed by atoms with Crippen molar-refractivity contribution in [1.29, 1.82) is 0 Å². The van der Waals surface area contributed by atoms with Crippen LogP contribution in [0.15, 0.2) is 54.7 Å². The molecule has 5 N–H and O–H groups in total.